The van der Waals surface area contributed by atoms with E-state index in [1.54, 1.807) is 25.1 Å². The molecule has 0 bridgehead atoms. The van der Waals surface area contributed by atoms with Gasteiger partial charge in [-0.15, -0.1) is 0 Å². The van der Waals surface area contributed by atoms with E-state index >= 15 is 0 Å². The van der Waals surface area contributed by atoms with Gasteiger partial charge < -0.3 is 5.11 Å². The topological polar surface area (TPSA) is 57.6 Å². The maximum Gasteiger partial charge on any atom is 0.219 e. The van der Waals surface area contributed by atoms with E-state index in [4.69, 9.17) is 0 Å². The van der Waals surface area contributed by atoms with Gasteiger partial charge in [0.15, 0.2) is 0 Å². The quantitative estimate of drug-likeness (QED) is 0.919. The normalized spacial score (nSPS) is 25.2. The third-order valence-corrected chi connectivity index (χ3v) is 6.94. The molecule has 4 nitrogen and oxygen atoms in total. The van der Waals surface area contributed by atoms with Crippen molar-refractivity contribution in [3.05, 3.63) is 41.5 Å². The van der Waals surface area contributed by atoms with Crippen molar-refractivity contribution in [1.29, 1.82) is 0 Å². The van der Waals surface area contributed by atoms with Crippen LogP contribution in [0.4, 0.5) is 0 Å². The second-order valence-corrected chi connectivity index (χ2v) is 9.82. The monoisotopic (exact) mass is 337 g/mol. The molecule has 1 aromatic carbocycles. The summed E-state index contributed by atoms with van der Waals surface area (Å²) < 4.78 is 26.5. The molecule has 1 aliphatic heterocycles. The van der Waals surface area contributed by atoms with E-state index < -0.39 is 14.8 Å². The maximum atomic E-state index is 12.9. The minimum atomic E-state index is -3.42. The molecule has 2 rings (SSSR count). The van der Waals surface area contributed by atoms with Gasteiger partial charge in [0, 0.05) is 19.2 Å². The highest BCUT2D eigenvalue weighted by Gasteiger charge is 2.45. The molecule has 1 aliphatic rings. The van der Waals surface area contributed by atoms with E-state index in [-0.39, 0.29) is 18.6 Å². The van der Waals surface area contributed by atoms with E-state index in [1.807, 2.05) is 30.3 Å². The van der Waals surface area contributed by atoms with Crippen LogP contribution in [-0.4, -0.2) is 41.8 Å². The first-order valence-corrected chi connectivity index (χ1v) is 9.51. The van der Waals surface area contributed by atoms with Gasteiger partial charge in [0.1, 0.15) is 0 Å². The second kappa shape index (κ2) is 6.75. The third-order valence-electron chi connectivity index (χ3n) is 4.37. The van der Waals surface area contributed by atoms with Crippen LogP contribution in [0.25, 0.3) is 6.08 Å². The summed E-state index contributed by atoms with van der Waals surface area (Å²) in [4.78, 5) is 0. The van der Waals surface area contributed by atoms with Gasteiger partial charge in [-0.2, -0.15) is 4.31 Å². The molecule has 0 saturated carbocycles. The summed E-state index contributed by atoms with van der Waals surface area (Å²) in [5, 5.41) is 9.43. The molecule has 128 valence electrons. The summed E-state index contributed by atoms with van der Waals surface area (Å²) in [7, 11) is -3.42. The summed E-state index contributed by atoms with van der Waals surface area (Å²) in [5.74, 6) is 0.142. The molecule has 5 heteroatoms. The van der Waals surface area contributed by atoms with Gasteiger partial charge in [-0.1, -0.05) is 43.3 Å². The van der Waals surface area contributed by atoms with Crippen molar-refractivity contribution in [3.8, 4) is 0 Å². The van der Waals surface area contributed by atoms with E-state index in [0.29, 0.717) is 13.0 Å². The standard InChI is InChI=1S/C18H27NO3S/c1-14-13-19(23(21,22)18(2,3)4)17(10-11-20)16(14)12-15-8-6-5-7-9-15/h5-9,12,14,17,20H,10-11,13H2,1-4H3/b16-12-/t14-,17-/m0/s1. The molecule has 2 atom stereocenters. The number of benzene rings is 1. The lowest BCUT2D eigenvalue weighted by Gasteiger charge is -2.31. The number of aliphatic hydroxyl groups is 1. The first-order valence-electron chi connectivity index (χ1n) is 8.07. The molecule has 0 aromatic heterocycles. The number of hydrogen-bond acceptors (Lipinski definition) is 3. The Labute approximate surface area is 139 Å². The molecule has 0 amide bonds. The minimum absolute atomic E-state index is 0.0281. The Kier molecular flexibility index (Phi) is 5.33. The Balaban J connectivity index is 2.44. The van der Waals surface area contributed by atoms with Gasteiger partial charge in [-0.25, -0.2) is 8.42 Å². The molecule has 1 N–H and O–H groups in total. The zero-order valence-corrected chi connectivity index (χ0v) is 15.2. The summed E-state index contributed by atoms with van der Waals surface area (Å²) in [6.07, 6.45) is 2.50. The SMILES string of the molecule is C[C@H]1CN(S(=O)(=O)C(C)(C)C)[C@@H](CCO)/C1=C\c1ccccc1. The predicted molar refractivity (Wildman–Crippen MR) is 94.5 cm³/mol. The molecule has 0 radical (unpaired) electrons. The van der Waals surface area contributed by atoms with Gasteiger partial charge in [0.25, 0.3) is 0 Å². The molecule has 23 heavy (non-hydrogen) atoms. The molecule has 0 spiro atoms. The van der Waals surface area contributed by atoms with Gasteiger partial charge in [-0.3, -0.25) is 0 Å². The highest BCUT2D eigenvalue weighted by Crippen LogP contribution is 2.37. The fraction of sp³-hybridized carbons (Fsp3) is 0.556. The number of rotatable bonds is 4. The van der Waals surface area contributed by atoms with E-state index in [2.05, 4.69) is 13.0 Å². The fourth-order valence-electron chi connectivity index (χ4n) is 3.03. The van der Waals surface area contributed by atoms with Crippen molar-refractivity contribution in [2.24, 2.45) is 5.92 Å². The predicted octanol–water partition coefficient (Wildman–Crippen LogP) is 2.90. The molecule has 0 aliphatic carbocycles. The van der Waals surface area contributed by atoms with Crippen LogP contribution in [-0.2, 0) is 10.0 Å². The Bertz CT molecular complexity index is 659. The molecular weight excluding hydrogens is 310 g/mol. The zero-order valence-electron chi connectivity index (χ0n) is 14.4. The lowest BCUT2D eigenvalue weighted by atomic mass is 9.95. The van der Waals surface area contributed by atoms with Crippen LogP contribution in [0, 0.1) is 5.92 Å². The molecular formula is C18H27NO3S. The largest absolute Gasteiger partial charge is 0.396 e. The summed E-state index contributed by atoms with van der Waals surface area (Å²) in [5.41, 5.74) is 2.14. The first kappa shape index (κ1) is 18.2. The Morgan fingerprint density at radius 2 is 1.87 bits per heavy atom. The Morgan fingerprint density at radius 3 is 2.39 bits per heavy atom. The molecule has 1 aromatic rings. The summed E-state index contributed by atoms with van der Waals surface area (Å²) >= 11 is 0. The molecule has 1 heterocycles. The highest BCUT2D eigenvalue weighted by molar-refractivity contribution is 7.90. The lowest BCUT2D eigenvalue weighted by molar-refractivity contribution is 0.254. The Hall–Kier alpha value is -1.17. The molecule has 1 fully saturated rings. The van der Waals surface area contributed by atoms with Crippen LogP contribution in [0.2, 0.25) is 0 Å². The first-order chi connectivity index (χ1) is 10.7. The van der Waals surface area contributed by atoms with Crippen molar-refractivity contribution in [2.75, 3.05) is 13.2 Å². The van der Waals surface area contributed by atoms with Crippen LogP contribution in [0.3, 0.4) is 0 Å². The van der Waals surface area contributed by atoms with Crippen molar-refractivity contribution in [3.63, 3.8) is 0 Å². The van der Waals surface area contributed by atoms with Gasteiger partial charge in [-0.05, 0) is 44.2 Å². The Morgan fingerprint density at radius 1 is 1.26 bits per heavy atom. The second-order valence-electron chi connectivity index (χ2n) is 7.17. The van der Waals surface area contributed by atoms with Crippen LogP contribution >= 0.6 is 0 Å². The van der Waals surface area contributed by atoms with Crippen molar-refractivity contribution < 1.29 is 13.5 Å². The van der Waals surface area contributed by atoms with E-state index in [9.17, 15) is 13.5 Å². The molecule has 1 saturated heterocycles. The van der Waals surface area contributed by atoms with Crippen LogP contribution in [0.5, 0.6) is 0 Å². The number of hydrogen-bond donors (Lipinski definition) is 1. The number of nitrogens with zero attached hydrogens (tertiary/aromatic N) is 1. The molecule has 0 unspecified atom stereocenters. The van der Waals surface area contributed by atoms with Crippen LogP contribution < -0.4 is 0 Å². The highest BCUT2D eigenvalue weighted by atomic mass is 32.2. The van der Waals surface area contributed by atoms with E-state index in [0.717, 1.165) is 11.1 Å². The summed E-state index contributed by atoms with van der Waals surface area (Å²) in [6, 6.07) is 9.65. The van der Waals surface area contributed by atoms with Crippen LogP contribution in [0.15, 0.2) is 35.9 Å². The van der Waals surface area contributed by atoms with Gasteiger partial charge >= 0.3 is 0 Å². The van der Waals surface area contributed by atoms with Crippen molar-refractivity contribution in [1.82, 2.24) is 4.31 Å². The number of aliphatic hydroxyl groups excluding tert-OH is 1. The summed E-state index contributed by atoms with van der Waals surface area (Å²) in [6.45, 7) is 7.67. The van der Waals surface area contributed by atoms with Crippen molar-refractivity contribution >= 4 is 16.1 Å². The van der Waals surface area contributed by atoms with E-state index in [1.165, 1.54) is 0 Å². The average Bonchev–Trinajstić information content (AvgIpc) is 2.77. The van der Waals surface area contributed by atoms with Crippen LogP contribution in [0.1, 0.15) is 39.7 Å². The van der Waals surface area contributed by atoms with Crippen molar-refractivity contribution in [2.45, 2.75) is 44.9 Å². The van der Waals surface area contributed by atoms with Gasteiger partial charge in [0.2, 0.25) is 10.0 Å². The fourth-order valence-corrected chi connectivity index (χ4v) is 4.71. The minimum Gasteiger partial charge on any atom is -0.396 e. The maximum absolute atomic E-state index is 12.9. The smallest absolute Gasteiger partial charge is 0.219 e. The average molecular weight is 337 g/mol. The lowest BCUT2D eigenvalue weighted by Crippen LogP contribution is -2.46. The van der Waals surface area contributed by atoms with Gasteiger partial charge in [0.05, 0.1) is 4.75 Å². The third kappa shape index (κ3) is 3.67. The zero-order chi connectivity index (χ0) is 17.3. The number of sulfonamides is 1.